The lowest BCUT2D eigenvalue weighted by Crippen LogP contribution is -2.29. The molecule has 0 radical (unpaired) electrons. The highest BCUT2D eigenvalue weighted by atomic mass is 16.2. The maximum Gasteiger partial charge on any atom is 0.247 e. The summed E-state index contributed by atoms with van der Waals surface area (Å²) in [6.07, 6.45) is 2.51. The Hall–Kier alpha value is -1.72. The zero-order chi connectivity index (χ0) is 12.7. The molecule has 0 bridgehead atoms. The highest BCUT2D eigenvalue weighted by molar-refractivity contribution is 5.84. The fraction of sp³-hybridized carbons (Fsp3) is 0.667. The number of nitrogens with zero attached hydrogens (tertiary/aromatic N) is 5. The van der Waals surface area contributed by atoms with Gasteiger partial charge in [-0.2, -0.15) is 5.10 Å². The van der Waals surface area contributed by atoms with Crippen LogP contribution in [0.25, 0.3) is 0 Å². The van der Waals surface area contributed by atoms with E-state index >= 15 is 0 Å². The molecule has 1 aromatic heterocycles. The average Bonchev–Trinajstić information content (AvgIpc) is 3.07. The minimum atomic E-state index is 0.170. The van der Waals surface area contributed by atoms with Gasteiger partial charge in [0, 0.05) is 6.54 Å². The molecule has 0 N–H and O–H groups in total. The van der Waals surface area contributed by atoms with Gasteiger partial charge in [0.25, 0.3) is 0 Å². The number of amides is 1. The smallest absolute Gasteiger partial charge is 0.247 e. The van der Waals surface area contributed by atoms with Crippen LogP contribution in [-0.4, -0.2) is 45.7 Å². The van der Waals surface area contributed by atoms with Crippen LogP contribution in [0.2, 0.25) is 0 Å². The summed E-state index contributed by atoms with van der Waals surface area (Å²) < 4.78 is 0. The van der Waals surface area contributed by atoms with Gasteiger partial charge in [-0.25, -0.2) is 4.98 Å². The monoisotopic (exact) mass is 247 g/mol. The molecule has 0 aromatic carbocycles. The Kier molecular flexibility index (Phi) is 2.65. The van der Waals surface area contributed by atoms with Gasteiger partial charge in [0.1, 0.15) is 6.54 Å². The fourth-order valence-corrected chi connectivity index (χ4v) is 2.08. The van der Waals surface area contributed by atoms with E-state index in [1.807, 2.05) is 23.6 Å². The van der Waals surface area contributed by atoms with Gasteiger partial charge < -0.3 is 9.80 Å². The third-order valence-electron chi connectivity index (χ3n) is 3.56. The largest absolute Gasteiger partial charge is 0.323 e. The Balaban J connectivity index is 1.73. The van der Waals surface area contributed by atoms with E-state index in [1.165, 1.54) is 12.8 Å². The van der Waals surface area contributed by atoms with Crippen molar-refractivity contribution < 1.29 is 4.79 Å². The highest BCUT2D eigenvalue weighted by Crippen LogP contribution is 2.30. The SMILES string of the molecule is Cc1nnc(N2CC(=O)N(CC3CC3)C2)nc1C. The van der Waals surface area contributed by atoms with Crippen molar-refractivity contribution in [1.29, 1.82) is 0 Å². The van der Waals surface area contributed by atoms with Crippen molar-refractivity contribution in [3.63, 3.8) is 0 Å². The van der Waals surface area contributed by atoms with Gasteiger partial charge in [-0.3, -0.25) is 4.79 Å². The number of aromatic nitrogens is 3. The zero-order valence-electron chi connectivity index (χ0n) is 10.8. The molecule has 2 fully saturated rings. The van der Waals surface area contributed by atoms with Crippen molar-refractivity contribution in [3.8, 4) is 0 Å². The van der Waals surface area contributed by atoms with Crippen molar-refractivity contribution in [1.82, 2.24) is 20.1 Å². The van der Waals surface area contributed by atoms with Crippen molar-refractivity contribution in [2.75, 3.05) is 24.7 Å². The summed E-state index contributed by atoms with van der Waals surface area (Å²) in [5.41, 5.74) is 1.70. The predicted octanol–water partition coefficient (Wildman–Crippen LogP) is 0.505. The number of rotatable bonds is 3. The molecule has 2 aliphatic rings. The minimum absolute atomic E-state index is 0.170. The lowest BCUT2D eigenvalue weighted by atomic mass is 10.4. The molecule has 0 unspecified atom stereocenters. The lowest BCUT2D eigenvalue weighted by molar-refractivity contribution is -0.126. The molecule has 18 heavy (non-hydrogen) atoms. The number of carbonyl (C=O) groups excluding carboxylic acids is 1. The van der Waals surface area contributed by atoms with E-state index in [2.05, 4.69) is 15.2 Å². The topological polar surface area (TPSA) is 62.2 Å². The van der Waals surface area contributed by atoms with Gasteiger partial charge >= 0.3 is 0 Å². The number of aryl methyl sites for hydroxylation is 2. The van der Waals surface area contributed by atoms with Crippen LogP contribution in [0.15, 0.2) is 0 Å². The third kappa shape index (κ3) is 2.14. The Morgan fingerprint density at radius 3 is 2.67 bits per heavy atom. The predicted molar refractivity (Wildman–Crippen MR) is 66.0 cm³/mol. The third-order valence-corrected chi connectivity index (χ3v) is 3.56. The van der Waals surface area contributed by atoms with Crippen LogP contribution in [0.4, 0.5) is 5.95 Å². The Morgan fingerprint density at radius 1 is 1.22 bits per heavy atom. The first-order chi connectivity index (χ1) is 8.63. The second kappa shape index (κ2) is 4.19. The number of carbonyl (C=O) groups is 1. The van der Waals surface area contributed by atoms with Crippen molar-refractivity contribution in [2.24, 2.45) is 5.92 Å². The van der Waals surface area contributed by atoms with Gasteiger partial charge in [-0.15, -0.1) is 5.10 Å². The van der Waals surface area contributed by atoms with E-state index < -0.39 is 0 Å². The highest BCUT2D eigenvalue weighted by Gasteiger charge is 2.33. The zero-order valence-corrected chi connectivity index (χ0v) is 10.8. The van der Waals surface area contributed by atoms with Gasteiger partial charge in [0.2, 0.25) is 11.9 Å². The first kappa shape index (κ1) is 11.4. The van der Waals surface area contributed by atoms with Crippen LogP contribution in [0, 0.1) is 19.8 Å². The molecule has 1 saturated carbocycles. The van der Waals surface area contributed by atoms with Crippen molar-refractivity contribution in [3.05, 3.63) is 11.4 Å². The molecular weight excluding hydrogens is 230 g/mol. The van der Waals surface area contributed by atoms with Gasteiger partial charge in [0.05, 0.1) is 18.1 Å². The summed E-state index contributed by atoms with van der Waals surface area (Å²) in [5, 5.41) is 8.13. The Bertz CT molecular complexity index is 485. The molecule has 1 aromatic rings. The fourth-order valence-electron chi connectivity index (χ4n) is 2.08. The molecule has 1 amide bonds. The molecular formula is C12H17N5O. The number of hydrogen-bond acceptors (Lipinski definition) is 5. The quantitative estimate of drug-likeness (QED) is 0.778. The molecule has 6 nitrogen and oxygen atoms in total. The van der Waals surface area contributed by atoms with Gasteiger partial charge in [-0.1, -0.05) is 0 Å². The van der Waals surface area contributed by atoms with Crippen LogP contribution >= 0.6 is 0 Å². The maximum absolute atomic E-state index is 11.9. The van der Waals surface area contributed by atoms with Crippen LogP contribution < -0.4 is 4.90 Å². The van der Waals surface area contributed by atoms with Crippen LogP contribution in [0.3, 0.4) is 0 Å². The summed E-state index contributed by atoms with van der Waals surface area (Å²) in [6.45, 7) is 5.64. The van der Waals surface area contributed by atoms with E-state index in [1.54, 1.807) is 0 Å². The molecule has 1 saturated heterocycles. The van der Waals surface area contributed by atoms with Crippen molar-refractivity contribution >= 4 is 11.9 Å². The molecule has 0 spiro atoms. The summed E-state index contributed by atoms with van der Waals surface area (Å²) in [5.74, 6) is 1.45. The summed E-state index contributed by atoms with van der Waals surface area (Å²) >= 11 is 0. The maximum atomic E-state index is 11.9. The minimum Gasteiger partial charge on any atom is -0.323 e. The summed E-state index contributed by atoms with van der Waals surface area (Å²) in [7, 11) is 0. The first-order valence-electron chi connectivity index (χ1n) is 6.34. The van der Waals surface area contributed by atoms with Gasteiger partial charge in [-0.05, 0) is 32.6 Å². The Morgan fingerprint density at radius 2 is 2.00 bits per heavy atom. The number of anilines is 1. The first-order valence-corrected chi connectivity index (χ1v) is 6.34. The molecule has 6 heteroatoms. The van der Waals surface area contributed by atoms with Crippen LogP contribution in [0.1, 0.15) is 24.2 Å². The van der Waals surface area contributed by atoms with E-state index in [9.17, 15) is 4.79 Å². The van der Waals surface area contributed by atoms with E-state index in [4.69, 9.17) is 0 Å². The van der Waals surface area contributed by atoms with Gasteiger partial charge in [0.15, 0.2) is 0 Å². The molecule has 1 aliphatic heterocycles. The van der Waals surface area contributed by atoms with Crippen molar-refractivity contribution in [2.45, 2.75) is 26.7 Å². The second-order valence-electron chi connectivity index (χ2n) is 5.18. The molecule has 3 rings (SSSR count). The van der Waals surface area contributed by atoms with Crippen LogP contribution in [-0.2, 0) is 4.79 Å². The van der Waals surface area contributed by atoms with E-state index in [-0.39, 0.29) is 5.91 Å². The summed E-state index contributed by atoms with van der Waals surface area (Å²) in [4.78, 5) is 20.1. The molecule has 2 heterocycles. The normalized spacial score (nSPS) is 19.8. The standard InChI is InChI=1S/C12H17N5O/c1-8-9(2)14-15-12(13-8)17-6-11(18)16(7-17)5-10-3-4-10/h10H,3-7H2,1-2H3. The Labute approximate surface area is 106 Å². The molecule has 1 aliphatic carbocycles. The number of hydrogen-bond donors (Lipinski definition) is 0. The average molecular weight is 247 g/mol. The van der Waals surface area contributed by atoms with E-state index in [0.717, 1.165) is 17.9 Å². The van der Waals surface area contributed by atoms with E-state index in [0.29, 0.717) is 25.1 Å². The van der Waals surface area contributed by atoms with Crippen LogP contribution in [0.5, 0.6) is 0 Å². The molecule has 0 atom stereocenters. The lowest BCUT2D eigenvalue weighted by Gasteiger charge is -2.17. The molecule has 96 valence electrons. The second-order valence-corrected chi connectivity index (χ2v) is 5.18. The summed E-state index contributed by atoms with van der Waals surface area (Å²) in [6, 6.07) is 0.